The summed E-state index contributed by atoms with van der Waals surface area (Å²) in [4.78, 5) is 0. The Labute approximate surface area is 97.3 Å². The van der Waals surface area contributed by atoms with Gasteiger partial charge in [0.1, 0.15) is 10.8 Å². The Morgan fingerprint density at radius 3 is 2.94 bits per heavy atom. The largest absolute Gasteiger partial charge is 0.313 e. The summed E-state index contributed by atoms with van der Waals surface area (Å²) in [6.45, 7) is 2.59. The summed E-state index contributed by atoms with van der Waals surface area (Å²) in [6.07, 6.45) is 0. The lowest BCUT2D eigenvalue weighted by molar-refractivity contribution is 0.630. The van der Waals surface area contributed by atoms with E-state index in [2.05, 4.69) is 15.5 Å². The number of hydrogen-bond acceptors (Lipinski definition) is 4. The number of benzene rings is 1. The van der Waals surface area contributed by atoms with Gasteiger partial charge in [0, 0.05) is 12.1 Å². The van der Waals surface area contributed by atoms with Crippen molar-refractivity contribution in [1.82, 2.24) is 15.5 Å². The number of nitrogens with one attached hydrogen (secondary N) is 1. The summed E-state index contributed by atoms with van der Waals surface area (Å²) in [5.74, 6) is -0.252. The molecule has 0 saturated heterocycles. The van der Waals surface area contributed by atoms with Crippen LogP contribution >= 0.6 is 11.3 Å². The smallest absolute Gasteiger partial charge is 0.150 e. The van der Waals surface area contributed by atoms with Crippen LogP contribution in [0.1, 0.15) is 10.6 Å². The first-order chi connectivity index (χ1) is 7.70. The Hall–Kier alpha value is -1.33. The Kier molecular flexibility index (Phi) is 3.26. The molecule has 0 saturated carbocycles. The third kappa shape index (κ3) is 2.25. The zero-order chi connectivity index (χ0) is 11.5. The summed E-state index contributed by atoms with van der Waals surface area (Å²) in [5.41, 5.74) is 1.54. The quantitative estimate of drug-likeness (QED) is 0.890. The van der Waals surface area contributed by atoms with Crippen molar-refractivity contribution < 1.29 is 4.39 Å². The number of aryl methyl sites for hydroxylation is 1. The molecule has 0 aliphatic rings. The van der Waals surface area contributed by atoms with Gasteiger partial charge in [-0.1, -0.05) is 23.0 Å². The van der Waals surface area contributed by atoms with Crippen LogP contribution in [0.25, 0.3) is 10.6 Å². The number of halogens is 1. The van der Waals surface area contributed by atoms with E-state index in [1.807, 2.05) is 14.0 Å². The molecule has 0 aliphatic carbocycles. The van der Waals surface area contributed by atoms with E-state index >= 15 is 0 Å². The van der Waals surface area contributed by atoms with Gasteiger partial charge < -0.3 is 5.32 Å². The normalized spacial score (nSPS) is 10.7. The molecule has 3 nitrogen and oxygen atoms in total. The third-order valence-corrected chi connectivity index (χ3v) is 3.10. The van der Waals surface area contributed by atoms with Gasteiger partial charge in [0.25, 0.3) is 0 Å². The van der Waals surface area contributed by atoms with Crippen LogP contribution in [0.5, 0.6) is 0 Å². The minimum Gasteiger partial charge on any atom is -0.313 e. The third-order valence-electron chi connectivity index (χ3n) is 2.15. The SMILES string of the molecule is CNCc1nnc(-c2cc(C)ccc2F)s1. The summed E-state index contributed by atoms with van der Waals surface area (Å²) in [5, 5.41) is 12.5. The molecule has 16 heavy (non-hydrogen) atoms. The summed E-state index contributed by atoms with van der Waals surface area (Å²) >= 11 is 1.41. The molecule has 0 radical (unpaired) electrons. The lowest BCUT2D eigenvalue weighted by Crippen LogP contribution is -2.04. The van der Waals surface area contributed by atoms with Crippen LogP contribution in [-0.2, 0) is 6.54 Å². The van der Waals surface area contributed by atoms with Crippen molar-refractivity contribution in [2.75, 3.05) is 7.05 Å². The van der Waals surface area contributed by atoms with Gasteiger partial charge in [0.15, 0.2) is 5.01 Å². The molecule has 0 spiro atoms. The van der Waals surface area contributed by atoms with E-state index in [9.17, 15) is 4.39 Å². The monoisotopic (exact) mass is 237 g/mol. The lowest BCUT2D eigenvalue weighted by atomic mass is 10.1. The summed E-state index contributed by atoms with van der Waals surface area (Å²) < 4.78 is 13.6. The first-order valence-electron chi connectivity index (χ1n) is 4.94. The molecule has 2 rings (SSSR count). The van der Waals surface area contributed by atoms with Crippen molar-refractivity contribution in [3.05, 3.63) is 34.6 Å². The lowest BCUT2D eigenvalue weighted by Gasteiger charge is -1.99. The van der Waals surface area contributed by atoms with Crippen LogP contribution < -0.4 is 5.32 Å². The first kappa shape index (κ1) is 11.2. The zero-order valence-electron chi connectivity index (χ0n) is 9.12. The second-order valence-electron chi connectivity index (χ2n) is 3.51. The maximum atomic E-state index is 13.6. The predicted octanol–water partition coefficient (Wildman–Crippen LogP) is 2.37. The number of hydrogen-bond donors (Lipinski definition) is 1. The van der Waals surface area contributed by atoms with E-state index in [0.29, 0.717) is 17.1 Å². The first-order valence-corrected chi connectivity index (χ1v) is 5.76. The van der Waals surface area contributed by atoms with Crippen LogP contribution in [0.4, 0.5) is 4.39 Å². The van der Waals surface area contributed by atoms with Crippen molar-refractivity contribution in [3.63, 3.8) is 0 Å². The van der Waals surface area contributed by atoms with Crippen LogP contribution in [0, 0.1) is 12.7 Å². The van der Waals surface area contributed by atoms with Crippen LogP contribution in [0.2, 0.25) is 0 Å². The van der Waals surface area contributed by atoms with Crippen molar-refractivity contribution in [2.24, 2.45) is 0 Å². The number of nitrogens with zero attached hydrogens (tertiary/aromatic N) is 2. The minimum absolute atomic E-state index is 0.252. The Bertz CT molecular complexity index is 496. The van der Waals surface area contributed by atoms with Gasteiger partial charge in [-0.25, -0.2) is 4.39 Å². The molecule has 0 atom stereocenters. The van der Waals surface area contributed by atoms with E-state index in [0.717, 1.165) is 10.6 Å². The molecule has 84 valence electrons. The van der Waals surface area contributed by atoms with E-state index in [4.69, 9.17) is 0 Å². The topological polar surface area (TPSA) is 37.8 Å². The second kappa shape index (κ2) is 4.67. The predicted molar refractivity (Wildman–Crippen MR) is 62.8 cm³/mol. The summed E-state index contributed by atoms with van der Waals surface area (Å²) in [7, 11) is 1.84. The molecular formula is C11H12FN3S. The molecule has 0 unspecified atom stereocenters. The highest BCUT2D eigenvalue weighted by Gasteiger charge is 2.10. The van der Waals surface area contributed by atoms with Gasteiger partial charge in [-0.3, -0.25) is 0 Å². The average molecular weight is 237 g/mol. The molecule has 0 aliphatic heterocycles. The molecule has 0 bridgehead atoms. The van der Waals surface area contributed by atoms with Crippen LogP contribution in [-0.4, -0.2) is 17.2 Å². The molecule has 0 fully saturated rings. The number of aromatic nitrogens is 2. The number of rotatable bonds is 3. The fourth-order valence-electron chi connectivity index (χ4n) is 1.39. The maximum absolute atomic E-state index is 13.6. The Morgan fingerprint density at radius 2 is 2.19 bits per heavy atom. The molecule has 1 aromatic carbocycles. The Balaban J connectivity index is 2.38. The van der Waals surface area contributed by atoms with E-state index in [-0.39, 0.29) is 5.82 Å². The molecular weight excluding hydrogens is 225 g/mol. The van der Waals surface area contributed by atoms with Crippen molar-refractivity contribution in [3.8, 4) is 10.6 Å². The minimum atomic E-state index is -0.252. The highest BCUT2D eigenvalue weighted by molar-refractivity contribution is 7.14. The van der Waals surface area contributed by atoms with Crippen molar-refractivity contribution in [1.29, 1.82) is 0 Å². The van der Waals surface area contributed by atoms with Gasteiger partial charge in [-0.05, 0) is 26.1 Å². The molecule has 0 amide bonds. The van der Waals surface area contributed by atoms with Gasteiger partial charge in [-0.2, -0.15) is 0 Å². The van der Waals surface area contributed by atoms with E-state index < -0.39 is 0 Å². The van der Waals surface area contributed by atoms with Gasteiger partial charge in [0.05, 0.1) is 0 Å². The molecule has 1 heterocycles. The van der Waals surface area contributed by atoms with E-state index in [1.165, 1.54) is 17.4 Å². The second-order valence-corrected chi connectivity index (χ2v) is 4.58. The molecule has 1 N–H and O–H groups in total. The molecule has 1 aromatic heterocycles. The molecule has 2 aromatic rings. The standard InChI is InChI=1S/C11H12FN3S/c1-7-3-4-9(12)8(5-7)11-15-14-10(16-11)6-13-2/h3-5,13H,6H2,1-2H3. The van der Waals surface area contributed by atoms with Gasteiger partial charge >= 0.3 is 0 Å². The zero-order valence-corrected chi connectivity index (χ0v) is 9.94. The average Bonchev–Trinajstić information content (AvgIpc) is 2.71. The highest BCUT2D eigenvalue weighted by atomic mass is 32.1. The van der Waals surface area contributed by atoms with Crippen LogP contribution in [0.3, 0.4) is 0 Å². The Morgan fingerprint density at radius 1 is 1.38 bits per heavy atom. The highest BCUT2D eigenvalue weighted by Crippen LogP contribution is 2.26. The van der Waals surface area contributed by atoms with E-state index in [1.54, 1.807) is 12.1 Å². The van der Waals surface area contributed by atoms with Crippen molar-refractivity contribution >= 4 is 11.3 Å². The fourth-order valence-corrected chi connectivity index (χ4v) is 2.26. The molecule has 5 heteroatoms. The van der Waals surface area contributed by atoms with Crippen molar-refractivity contribution in [2.45, 2.75) is 13.5 Å². The summed E-state index contributed by atoms with van der Waals surface area (Å²) in [6, 6.07) is 5.00. The maximum Gasteiger partial charge on any atom is 0.150 e. The van der Waals surface area contributed by atoms with Crippen LogP contribution in [0.15, 0.2) is 18.2 Å². The van der Waals surface area contributed by atoms with Gasteiger partial charge in [-0.15, -0.1) is 10.2 Å². The van der Waals surface area contributed by atoms with Gasteiger partial charge in [0.2, 0.25) is 0 Å². The fraction of sp³-hybridized carbons (Fsp3) is 0.273.